The minimum Gasteiger partial charge on any atom is -0.309 e. The smallest absolute Gasteiger partial charge is 0.0795 e. The van der Waals surface area contributed by atoms with Gasteiger partial charge in [0.05, 0.1) is 11.2 Å². The molecule has 0 bridgehead atoms. The first-order valence-electron chi connectivity index (χ1n) is 6.40. The van der Waals surface area contributed by atoms with E-state index in [2.05, 4.69) is 53.8 Å². The summed E-state index contributed by atoms with van der Waals surface area (Å²) in [6, 6.07) is 9.28. The molecule has 0 aliphatic heterocycles. The summed E-state index contributed by atoms with van der Waals surface area (Å²) < 4.78 is 0. The van der Waals surface area contributed by atoms with Crippen molar-refractivity contribution in [3.05, 3.63) is 52.0 Å². The molecule has 2 rings (SSSR count). The van der Waals surface area contributed by atoms with Crippen LogP contribution in [0.5, 0.6) is 0 Å². The molecule has 1 aromatic heterocycles. The number of hydrogen-bond donors (Lipinski definition) is 1. The maximum atomic E-state index is 4.27. The summed E-state index contributed by atoms with van der Waals surface area (Å²) in [4.78, 5) is 4.27. The third kappa shape index (κ3) is 4.24. The van der Waals surface area contributed by atoms with Crippen LogP contribution in [0.2, 0.25) is 0 Å². The number of benzene rings is 1. The van der Waals surface area contributed by atoms with E-state index in [1.165, 1.54) is 11.1 Å². The maximum absolute atomic E-state index is 4.27. The lowest BCUT2D eigenvalue weighted by Crippen LogP contribution is -2.26. The lowest BCUT2D eigenvalue weighted by Gasteiger charge is -2.13. The average molecular weight is 260 g/mol. The van der Waals surface area contributed by atoms with Gasteiger partial charge in [-0.3, -0.25) is 0 Å². The number of thiazole rings is 1. The molecular weight excluding hydrogens is 240 g/mol. The highest BCUT2D eigenvalue weighted by atomic mass is 32.1. The van der Waals surface area contributed by atoms with Crippen molar-refractivity contribution in [1.82, 2.24) is 10.3 Å². The van der Waals surface area contributed by atoms with E-state index in [-0.39, 0.29) is 0 Å². The predicted octanol–water partition coefficient (Wildman–Crippen LogP) is 3.56. The van der Waals surface area contributed by atoms with Crippen LogP contribution in [0.4, 0.5) is 0 Å². The van der Waals surface area contributed by atoms with Gasteiger partial charge >= 0.3 is 0 Å². The van der Waals surface area contributed by atoms with Crippen molar-refractivity contribution in [1.29, 1.82) is 0 Å². The van der Waals surface area contributed by atoms with Crippen molar-refractivity contribution in [2.75, 3.05) is 0 Å². The van der Waals surface area contributed by atoms with Crippen LogP contribution in [0, 0.1) is 6.92 Å². The van der Waals surface area contributed by atoms with Crippen molar-refractivity contribution in [2.24, 2.45) is 0 Å². The van der Waals surface area contributed by atoms with Crippen molar-refractivity contribution in [3.8, 4) is 0 Å². The van der Waals surface area contributed by atoms with Crippen LogP contribution in [-0.2, 0) is 13.0 Å². The molecule has 1 atom stereocenters. The van der Waals surface area contributed by atoms with Gasteiger partial charge in [-0.2, -0.15) is 0 Å². The Kier molecular flexibility index (Phi) is 4.90. The monoisotopic (exact) mass is 260 g/mol. The van der Waals surface area contributed by atoms with Gasteiger partial charge in [-0.05, 0) is 32.3 Å². The zero-order chi connectivity index (χ0) is 12.8. The normalized spacial score (nSPS) is 12.6. The highest BCUT2D eigenvalue weighted by Crippen LogP contribution is 2.08. The minimum absolute atomic E-state index is 0.521. The molecular formula is C15H20N2S. The highest BCUT2D eigenvalue weighted by Gasteiger charge is 2.03. The molecule has 0 aliphatic carbocycles. The summed E-state index contributed by atoms with van der Waals surface area (Å²) in [5.74, 6) is 0. The molecule has 0 saturated carbocycles. The second kappa shape index (κ2) is 6.66. The Morgan fingerprint density at radius 1 is 1.39 bits per heavy atom. The molecule has 0 spiro atoms. The van der Waals surface area contributed by atoms with E-state index in [0.717, 1.165) is 25.1 Å². The predicted molar refractivity (Wildman–Crippen MR) is 77.9 cm³/mol. The molecule has 1 unspecified atom stereocenters. The summed E-state index contributed by atoms with van der Waals surface area (Å²) in [6.07, 6.45) is 2.29. The van der Waals surface area contributed by atoms with Crippen LogP contribution in [0.1, 0.15) is 30.2 Å². The number of aryl methyl sites for hydroxylation is 2. The van der Waals surface area contributed by atoms with Crippen molar-refractivity contribution in [3.63, 3.8) is 0 Å². The van der Waals surface area contributed by atoms with E-state index >= 15 is 0 Å². The van der Waals surface area contributed by atoms with Gasteiger partial charge in [0.25, 0.3) is 0 Å². The molecule has 3 heteroatoms. The van der Waals surface area contributed by atoms with Gasteiger partial charge < -0.3 is 5.32 Å². The Balaban J connectivity index is 1.73. The molecule has 0 radical (unpaired) electrons. The second-order valence-corrected chi connectivity index (χ2v) is 5.51. The van der Waals surface area contributed by atoms with Crippen LogP contribution < -0.4 is 5.32 Å². The van der Waals surface area contributed by atoms with Crippen LogP contribution in [0.15, 0.2) is 35.2 Å². The first kappa shape index (κ1) is 13.2. The number of nitrogens with zero attached hydrogens (tertiary/aromatic N) is 1. The first-order valence-corrected chi connectivity index (χ1v) is 7.34. The van der Waals surface area contributed by atoms with E-state index in [9.17, 15) is 0 Å². The molecule has 0 amide bonds. The van der Waals surface area contributed by atoms with Crippen LogP contribution >= 0.6 is 11.3 Å². The molecule has 0 aliphatic rings. The van der Waals surface area contributed by atoms with Crippen LogP contribution in [0.3, 0.4) is 0 Å². The third-order valence-electron chi connectivity index (χ3n) is 3.06. The van der Waals surface area contributed by atoms with Gasteiger partial charge in [-0.1, -0.05) is 29.8 Å². The summed E-state index contributed by atoms with van der Waals surface area (Å²) in [5.41, 5.74) is 5.80. The van der Waals surface area contributed by atoms with Gasteiger partial charge in [-0.25, -0.2) is 4.98 Å². The Hall–Kier alpha value is -1.19. The number of aromatic nitrogens is 1. The van der Waals surface area contributed by atoms with Gasteiger partial charge in [0.15, 0.2) is 0 Å². The Morgan fingerprint density at radius 2 is 2.28 bits per heavy atom. The molecule has 0 fully saturated rings. The lowest BCUT2D eigenvalue weighted by molar-refractivity contribution is 0.510. The Labute approximate surface area is 113 Å². The van der Waals surface area contributed by atoms with E-state index < -0.39 is 0 Å². The van der Waals surface area contributed by atoms with Crippen LogP contribution in [0.25, 0.3) is 0 Å². The SMILES string of the molecule is Cc1cccc(CCC(C)NCc2cscn2)c1. The lowest BCUT2D eigenvalue weighted by atomic mass is 10.0. The van der Waals surface area contributed by atoms with E-state index in [1.54, 1.807) is 11.3 Å². The Bertz CT molecular complexity index is 465. The molecule has 0 saturated heterocycles. The molecule has 1 heterocycles. The molecule has 1 aromatic carbocycles. The van der Waals surface area contributed by atoms with Crippen molar-refractivity contribution < 1.29 is 0 Å². The van der Waals surface area contributed by atoms with E-state index in [1.807, 2.05) is 5.51 Å². The topological polar surface area (TPSA) is 24.9 Å². The zero-order valence-corrected chi connectivity index (χ0v) is 11.8. The third-order valence-corrected chi connectivity index (χ3v) is 3.70. The second-order valence-electron chi connectivity index (χ2n) is 4.79. The first-order chi connectivity index (χ1) is 8.74. The molecule has 2 aromatic rings. The maximum Gasteiger partial charge on any atom is 0.0795 e. The van der Waals surface area contributed by atoms with Crippen LogP contribution in [-0.4, -0.2) is 11.0 Å². The quantitative estimate of drug-likeness (QED) is 0.859. The molecule has 18 heavy (non-hydrogen) atoms. The number of rotatable bonds is 6. The molecule has 1 N–H and O–H groups in total. The van der Waals surface area contributed by atoms with E-state index in [4.69, 9.17) is 0 Å². The summed E-state index contributed by atoms with van der Waals surface area (Å²) in [5, 5.41) is 5.61. The van der Waals surface area contributed by atoms with Crippen molar-refractivity contribution in [2.45, 2.75) is 39.3 Å². The van der Waals surface area contributed by atoms with Gasteiger partial charge in [0, 0.05) is 18.0 Å². The minimum atomic E-state index is 0.521. The molecule has 96 valence electrons. The fourth-order valence-electron chi connectivity index (χ4n) is 1.96. The average Bonchev–Trinajstić information content (AvgIpc) is 2.87. The number of hydrogen-bond acceptors (Lipinski definition) is 3. The number of nitrogens with one attached hydrogen (secondary N) is 1. The largest absolute Gasteiger partial charge is 0.309 e. The Morgan fingerprint density at radius 3 is 3.00 bits per heavy atom. The van der Waals surface area contributed by atoms with E-state index in [0.29, 0.717) is 6.04 Å². The zero-order valence-electron chi connectivity index (χ0n) is 11.0. The molecule has 2 nitrogen and oxygen atoms in total. The van der Waals surface area contributed by atoms with Gasteiger partial charge in [0.1, 0.15) is 0 Å². The van der Waals surface area contributed by atoms with Gasteiger partial charge in [-0.15, -0.1) is 11.3 Å². The highest BCUT2D eigenvalue weighted by molar-refractivity contribution is 7.07. The fraction of sp³-hybridized carbons (Fsp3) is 0.400. The summed E-state index contributed by atoms with van der Waals surface area (Å²) in [6.45, 7) is 5.26. The van der Waals surface area contributed by atoms with Gasteiger partial charge in [0.2, 0.25) is 0 Å². The standard InChI is InChI=1S/C15H20N2S/c1-12-4-3-5-14(8-12)7-6-13(2)16-9-15-10-18-11-17-15/h3-5,8,10-11,13,16H,6-7,9H2,1-2H3. The summed E-state index contributed by atoms with van der Waals surface area (Å²) >= 11 is 1.65. The summed E-state index contributed by atoms with van der Waals surface area (Å²) in [7, 11) is 0. The van der Waals surface area contributed by atoms with Crippen molar-refractivity contribution >= 4 is 11.3 Å². The fourth-order valence-corrected chi connectivity index (χ4v) is 2.51.